The molecule has 0 unspecified atom stereocenters. The van der Waals surface area contributed by atoms with Crippen LogP contribution in [0.2, 0.25) is 0 Å². The van der Waals surface area contributed by atoms with Crippen molar-refractivity contribution in [2.45, 2.75) is 6.61 Å². The Hall–Kier alpha value is -1.10. The molecule has 1 heterocycles. The maximum Gasteiger partial charge on any atom is 0.765 e. The van der Waals surface area contributed by atoms with Crippen molar-refractivity contribution in [1.82, 2.24) is 0 Å². The SMILES string of the molecule is O=[Si](O)OCc1ccco1. The molecule has 0 aliphatic heterocycles. The van der Waals surface area contributed by atoms with Crippen LogP contribution in [0.1, 0.15) is 5.76 Å². The zero-order valence-corrected chi connectivity index (χ0v) is 6.11. The average molecular weight is 158 g/mol. The predicted molar refractivity (Wildman–Crippen MR) is 32.2 cm³/mol. The number of rotatable bonds is 3. The molecule has 0 saturated carbocycles. The lowest BCUT2D eigenvalue weighted by Gasteiger charge is -1.93. The van der Waals surface area contributed by atoms with E-state index in [4.69, 9.17) is 9.21 Å². The minimum atomic E-state index is -2.82. The third kappa shape index (κ3) is 2.02. The van der Waals surface area contributed by atoms with Crippen LogP contribution in [0, 0.1) is 0 Å². The lowest BCUT2D eigenvalue weighted by Crippen LogP contribution is -2.04. The van der Waals surface area contributed by atoms with Gasteiger partial charge in [-0.2, -0.15) is 0 Å². The summed E-state index contributed by atoms with van der Waals surface area (Å²) in [6.07, 6.45) is 1.48. The van der Waals surface area contributed by atoms with Crippen LogP contribution in [0.25, 0.3) is 0 Å². The molecule has 0 saturated heterocycles. The molecule has 0 spiro atoms. The minimum Gasteiger partial charge on any atom is -0.511 e. The van der Waals surface area contributed by atoms with E-state index in [9.17, 15) is 4.46 Å². The van der Waals surface area contributed by atoms with Crippen LogP contribution < -0.4 is 0 Å². The largest absolute Gasteiger partial charge is 0.765 e. The fraction of sp³-hybridized carbons (Fsp3) is 0.200. The number of hydrogen-bond donors (Lipinski definition) is 1. The van der Waals surface area contributed by atoms with Crippen molar-refractivity contribution in [2.75, 3.05) is 0 Å². The molecule has 1 N–H and O–H groups in total. The third-order valence-corrected chi connectivity index (χ3v) is 1.31. The second-order valence-electron chi connectivity index (χ2n) is 1.63. The van der Waals surface area contributed by atoms with Crippen molar-refractivity contribution < 1.29 is 18.1 Å². The van der Waals surface area contributed by atoms with Gasteiger partial charge in [0.2, 0.25) is 0 Å². The molecule has 4 nitrogen and oxygen atoms in total. The molecular formula is C5H6O4Si. The summed E-state index contributed by atoms with van der Waals surface area (Å²) in [7, 11) is -2.82. The minimum absolute atomic E-state index is 0.0568. The Balaban J connectivity index is 2.35. The molecule has 54 valence electrons. The highest BCUT2D eigenvalue weighted by molar-refractivity contribution is 6.24. The molecule has 0 aliphatic carbocycles. The Morgan fingerprint density at radius 3 is 3.10 bits per heavy atom. The Bertz CT molecular complexity index is 205. The van der Waals surface area contributed by atoms with Gasteiger partial charge in [-0.3, -0.25) is 4.46 Å². The van der Waals surface area contributed by atoms with E-state index >= 15 is 0 Å². The average Bonchev–Trinajstić information content (AvgIpc) is 2.34. The summed E-state index contributed by atoms with van der Waals surface area (Å²) in [6, 6.07) is 3.36. The van der Waals surface area contributed by atoms with Gasteiger partial charge in [0.15, 0.2) is 0 Å². The summed E-state index contributed by atoms with van der Waals surface area (Å²) in [5.41, 5.74) is 0. The fourth-order valence-corrected chi connectivity index (χ4v) is 0.793. The van der Waals surface area contributed by atoms with Gasteiger partial charge in [0.1, 0.15) is 12.4 Å². The molecule has 0 aromatic carbocycles. The molecule has 5 heteroatoms. The highest BCUT2D eigenvalue weighted by Crippen LogP contribution is 2.00. The summed E-state index contributed by atoms with van der Waals surface area (Å²) in [4.78, 5) is 8.23. The van der Waals surface area contributed by atoms with E-state index in [1.54, 1.807) is 12.1 Å². The van der Waals surface area contributed by atoms with Gasteiger partial charge in [-0.15, -0.1) is 0 Å². The van der Waals surface area contributed by atoms with Crippen molar-refractivity contribution in [2.24, 2.45) is 0 Å². The second kappa shape index (κ2) is 3.16. The Labute approximate surface area is 58.9 Å². The molecular weight excluding hydrogens is 152 g/mol. The molecule has 10 heavy (non-hydrogen) atoms. The van der Waals surface area contributed by atoms with E-state index in [1.807, 2.05) is 0 Å². The van der Waals surface area contributed by atoms with Crippen molar-refractivity contribution in [1.29, 1.82) is 0 Å². The monoisotopic (exact) mass is 158 g/mol. The molecule has 1 aromatic rings. The highest BCUT2D eigenvalue weighted by atomic mass is 28.3. The number of furan rings is 1. The first-order valence-corrected chi connectivity index (χ1v) is 3.93. The number of hydrogen-bond acceptors (Lipinski definition) is 3. The quantitative estimate of drug-likeness (QED) is 0.638. The molecule has 1 aromatic heterocycles. The van der Waals surface area contributed by atoms with Crippen molar-refractivity contribution in [3.63, 3.8) is 0 Å². The maximum atomic E-state index is 10.0. The van der Waals surface area contributed by atoms with E-state index < -0.39 is 9.17 Å². The van der Waals surface area contributed by atoms with Crippen LogP contribution in [0.15, 0.2) is 22.8 Å². The van der Waals surface area contributed by atoms with Gasteiger partial charge >= 0.3 is 9.17 Å². The molecule has 0 atom stereocenters. The van der Waals surface area contributed by atoms with E-state index in [0.29, 0.717) is 5.76 Å². The molecule has 0 bridgehead atoms. The lowest BCUT2D eigenvalue weighted by atomic mass is 10.5. The Kier molecular flexibility index (Phi) is 2.22. The van der Waals surface area contributed by atoms with Crippen LogP contribution in [0.4, 0.5) is 0 Å². The van der Waals surface area contributed by atoms with Gasteiger partial charge < -0.3 is 13.6 Å². The third-order valence-electron chi connectivity index (χ3n) is 0.918. The predicted octanol–water partition coefficient (Wildman–Crippen LogP) is 0.204. The molecule has 0 aliphatic rings. The van der Waals surface area contributed by atoms with E-state index in [-0.39, 0.29) is 6.61 Å². The van der Waals surface area contributed by atoms with Gasteiger partial charge in [-0.25, -0.2) is 0 Å². The van der Waals surface area contributed by atoms with Crippen molar-refractivity contribution in [3.8, 4) is 0 Å². The topological polar surface area (TPSA) is 59.7 Å². The van der Waals surface area contributed by atoms with Gasteiger partial charge in [0.25, 0.3) is 0 Å². The Morgan fingerprint density at radius 1 is 1.80 bits per heavy atom. The van der Waals surface area contributed by atoms with E-state index in [2.05, 4.69) is 4.43 Å². The van der Waals surface area contributed by atoms with Crippen LogP contribution in [-0.2, 0) is 15.5 Å². The lowest BCUT2D eigenvalue weighted by molar-refractivity contribution is 0.197. The van der Waals surface area contributed by atoms with Gasteiger partial charge in [-0.1, -0.05) is 0 Å². The van der Waals surface area contributed by atoms with E-state index in [0.717, 1.165) is 0 Å². The van der Waals surface area contributed by atoms with Crippen LogP contribution in [-0.4, -0.2) is 14.0 Å². The van der Waals surface area contributed by atoms with Crippen molar-refractivity contribution in [3.05, 3.63) is 24.2 Å². The van der Waals surface area contributed by atoms with Crippen LogP contribution in [0.5, 0.6) is 0 Å². The van der Waals surface area contributed by atoms with Crippen LogP contribution >= 0.6 is 0 Å². The van der Waals surface area contributed by atoms with E-state index in [1.165, 1.54) is 6.26 Å². The maximum absolute atomic E-state index is 10.0. The van der Waals surface area contributed by atoms with Gasteiger partial charge in [-0.05, 0) is 12.1 Å². The smallest absolute Gasteiger partial charge is 0.511 e. The summed E-state index contributed by atoms with van der Waals surface area (Å²) < 4.78 is 19.2. The fourth-order valence-electron chi connectivity index (χ4n) is 0.528. The normalized spacial score (nSPS) is 9.20. The summed E-state index contributed by atoms with van der Waals surface area (Å²) in [5, 5.41) is 0. The Morgan fingerprint density at radius 2 is 2.60 bits per heavy atom. The zero-order chi connectivity index (χ0) is 7.40. The molecule has 0 radical (unpaired) electrons. The first kappa shape index (κ1) is 7.01. The highest BCUT2D eigenvalue weighted by Gasteiger charge is 2.04. The molecule has 0 amide bonds. The van der Waals surface area contributed by atoms with Gasteiger partial charge in [0.05, 0.1) is 6.26 Å². The summed E-state index contributed by atoms with van der Waals surface area (Å²) in [5.74, 6) is 0.549. The molecule has 0 fully saturated rings. The zero-order valence-electron chi connectivity index (χ0n) is 5.11. The molecule has 1 rings (SSSR count). The summed E-state index contributed by atoms with van der Waals surface area (Å²) in [6.45, 7) is 0.0568. The standard InChI is InChI=1S/C5H6O4Si/c6-10(7)9-4-5-2-1-3-8-5/h1-3,6H,4H2. The van der Waals surface area contributed by atoms with Crippen LogP contribution in [0.3, 0.4) is 0 Å². The first-order valence-electron chi connectivity index (χ1n) is 2.67. The van der Waals surface area contributed by atoms with Crippen molar-refractivity contribution >= 4 is 9.17 Å². The second-order valence-corrected chi connectivity index (χ2v) is 2.45. The van der Waals surface area contributed by atoms with Gasteiger partial charge in [0, 0.05) is 0 Å². The summed E-state index contributed by atoms with van der Waals surface area (Å²) >= 11 is 0. The first-order chi connectivity index (χ1) is 4.79.